The molecule has 0 aliphatic carbocycles. The van der Waals surface area contributed by atoms with Crippen molar-refractivity contribution < 1.29 is 9.18 Å². The summed E-state index contributed by atoms with van der Waals surface area (Å²) in [7, 11) is 0. The van der Waals surface area contributed by atoms with Crippen molar-refractivity contribution in [2.24, 2.45) is 0 Å². The molecule has 2 atom stereocenters. The van der Waals surface area contributed by atoms with Gasteiger partial charge in [0.25, 0.3) is 0 Å². The van der Waals surface area contributed by atoms with Gasteiger partial charge < -0.3 is 16.0 Å². The molecule has 5 heteroatoms. The number of amides is 1. The molecule has 0 bridgehead atoms. The molecule has 4 nitrogen and oxygen atoms in total. The van der Waals surface area contributed by atoms with Gasteiger partial charge in [-0.25, -0.2) is 4.39 Å². The SMILES string of the molecule is CCC(=O)N1c2cc(F)ccc2[C@H](Nc2ccc(N)cc2)C[C@@H]1C. The lowest BCUT2D eigenvalue weighted by Crippen LogP contribution is -2.44. The van der Waals surface area contributed by atoms with Gasteiger partial charge in [0.05, 0.1) is 11.7 Å². The monoisotopic (exact) mass is 327 g/mol. The number of anilines is 3. The average Bonchev–Trinajstić information content (AvgIpc) is 2.56. The molecule has 3 N–H and O–H groups in total. The second-order valence-corrected chi connectivity index (χ2v) is 6.22. The Morgan fingerprint density at radius 3 is 2.67 bits per heavy atom. The van der Waals surface area contributed by atoms with Crippen LogP contribution in [0.25, 0.3) is 0 Å². The van der Waals surface area contributed by atoms with Crippen molar-refractivity contribution >= 4 is 23.0 Å². The third kappa shape index (κ3) is 3.07. The van der Waals surface area contributed by atoms with E-state index in [1.165, 1.54) is 12.1 Å². The Labute approximate surface area is 141 Å². The Kier molecular flexibility index (Phi) is 4.42. The summed E-state index contributed by atoms with van der Waals surface area (Å²) >= 11 is 0. The van der Waals surface area contributed by atoms with E-state index in [0.29, 0.717) is 17.8 Å². The van der Waals surface area contributed by atoms with Crippen LogP contribution in [0.5, 0.6) is 0 Å². The van der Waals surface area contributed by atoms with Gasteiger partial charge in [0.15, 0.2) is 0 Å². The summed E-state index contributed by atoms with van der Waals surface area (Å²) in [4.78, 5) is 14.0. The molecular weight excluding hydrogens is 305 g/mol. The summed E-state index contributed by atoms with van der Waals surface area (Å²) in [6, 6.07) is 12.2. The normalized spacial score (nSPS) is 19.7. The number of benzene rings is 2. The molecule has 24 heavy (non-hydrogen) atoms. The molecule has 0 saturated heterocycles. The minimum atomic E-state index is -0.331. The fourth-order valence-electron chi connectivity index (χ4n) is 3.30. The summed E-state index contributed by atoms with van der Waals surface area (Å²) in [6.45, 7) is 3.83. The standard InChI is InChI=1S/C19H22FN3O/c1-3-19(24)23-12(2)10-17(16-9-4-13(20)11-18(16)23)22-15-7-5-14(21)6-8-15/h4-9,11-12,17,22H,3,10,21H2,1-2H3/t12-,17+/m0/s1. The van der Waals surface area contributed by atoms with E-state index in [1.54, 1.807) is 11.0 Å². The van der Waals surface area contributed by atoms with Crippen molar-refractivity contribution in [2.45, 2.75) is 38.8 Å². The third-order valence-electron chi connectivity index (χ3n) is 4.47. The first-order valence-electron chi connectivity index (χ1n) is 8.23. The first-order chi connectivity index (χ1) is 11.5. The van der Waals surface area contributed by atoms with Crippen molar-refractivity contribution in [2.75, 3.05) is 16.0 Å². The molecular formula is C19H22FN3O. The highest BCUT2D eigenvalue weighted by Crippen LogP contribution is 2.39. The maximum absolute atomic E-state index is 13.8. The number of nitrogens with two attached hydrogens (primary N) is 1. The molecule has 0 aromatic heterocycles. The van der Waals surface area contributed by atoms with Crippen LogP contribution in [-0.2, 0) is 4.79 Å². The van der Waals surface area contributed by atoms with Crippen molar-refractivity contribution in [3.63, 3.8) is 0 Å². The molecule has 1 aliphatic rings. The minimum absolute atomic E-state index is 0.00182. The van der Waals surface area contributed by atoms with Gasteiger partial charge in [0, 0.05) is 23.8 Å². The fourth-order valence-corrected chi connectivity index (χ4v) is 3.30. The van der Waals surface area contributed by atoms with Gasteiger partial charge in [-0.05, 0) is 55.3 Å². The lowest BCUT2D eigenvalue weighted by atomic mass is 9.91. The van der Waals surface area contributed by atoms with Crippen LogP contribution in [0.15, 0.2) is 42.5 Å². The van der Waals surface area contributed by atoms with Gasteiger partial charge in [-0.3, -0.25) is 4.79 Å². The molecule has 2 aromatic rings. The van der Waals surface area contributed by atoms with E-state index in [2.05, 4.69) is 5.32 Å². The van der Waals surface area contributed by atoms with Gasteiger partial charge >= 0.3 is 0 Å². The molecule has 0 unspecified atom stereocenters. The Balaban J connectivity index is 1.97. The van der Waals surface area contributed by atoms with E-state index in [4.69, 9.17) is 5.73 Å². The zero-order valence-corrected chi connectivity index (χ0v) is 13.9. The zero-order chi connectivity index (χ0) is 17.3. The number of nitrogens with one attached hydrogen (secondary N) is 1. The molecule has 0 spiro atoms. The summed E-state index contributed by atoms with van der Waals surface area (Å²) in [5, 5.41) is 3.48. The Morgan fingerprint density at radius 1 is 1.29 bits per heavy atom. The maximum atomic E-state index is 13.8. The van der Waals surface area contributed by atoms with Gasteiger partial charge in [-0.2, -0.15) is 0 Å². The molecule has 2 aromatic carbocycles. The number of halogens is 1. The summed E-state index contributed by atoms with van der Waals surface area (Å²) in [5.41, 5.74) is 8.99. The van der Waals surface area contributed by atoms with E-state index < -0.39 is 0 Å². The van der Waals surface area contributed by atoms with E-state index in [9.17, 15) is 9.18 Å². The summed E-state index contributed by atoms with van der Waals surface area (Å²) < 4.78 is 13.8. The lowest BCUT2D eigenvalue weighted by Gasteiger charge is -2.40. The quantitative estimate of drug-likeness (QED) is 0.835. The Hall–Kier alpha value is -2.56. The molecule has 126 valence electrons. The smallest absolute Gasteiger partial charge is 0.226 e. The van der Waals surface area contributed by atoms with E-state index in [1.807, 2.05) is 38.1 Å². The second kappa shape index (κ2) is 6.51. The van der Waals surface area contributed by atoms with Gasteiger partial charge in [-0.1, -0.05) is 13.0 Å². The van der Waals surface area contributed by atoms with Crippen LogP contribution in [-0.4, -0.2) is 11.9 Å². The maximum Gasteiger partial charge on any atom is 0.226 e. The van der Waals surface area contributed by atoms with Crippen molar-refractivity contribution in [3.05, 3.63) is 53.8 Å². The minimum Gasteiger partial charge on any atom is -0.399 e. The van der Waals surface area contributed by atoms with E-state index in [0.717, 1.165) is 17.7 Å². The molecule has 0 radical (unpaired) electrons. The average molecular weight is 327 g/mol. The number of hydrogen-bond donors (Lipinski definition) is 2. The van der Waals surface area contributed by atoms with Crippen LogP contribution in [0.1, 0.15) is 38.3 Å². The van der Waals surface area contributed by atoms with E-state index >= 15 is 0 Å². The van der Waals surface area contributed by atoms with E-state index in [-0.39, 0.29) is 23.8 Å². The molecule has 0 fully saturated rings. The molecule has 3 rings (SSSR count). The van der Waals surface area contributed by atoms with Gasteiger partial charge in [0.2, 0.25) is 5.91 Å². The predicted octanol–water partition coefficient (Wildman–Crippen LogP) is 4.10. The highest BCUT2D eigenvalue weighted by molar-refractivity contribution is 5.95. The molecule has 1 aliphatic heterocycles. The van der Waals surface area contributed by atoms with Gasteiger partial charge in [-0.15, -0.1) is 0 Å². The number of carbonyl (C=O) groups is 1. The van der Waals surface area contributed by atoms with Crippen LogP contribution in [0.4, 0.5) is 21.5 Å². The van der Waals surface area contributed by atoms with Crippen LogP contribution in [0.3, 0.4) is 0 Å². The Bertz CT molecular complexity index is 745. The van der Waals surface area contributed by atoms with Crippen LogP contribution in [0, 0.1) is 5.82 Å². The third-order valence-corrected chi connectivity index (χ3v) is 4.47. The van der Waals surface area contributed by atoms with Crippen molar-refractivity contribution in [1.29, 1.82) is 0 Å². The topological polar surface area (TPSA) is 58.4 Å². The van der Waals surface area contributed by atoms with Crippen LogP contribution < -0.4 is 16.0 Å². The highest BCUT2D eigenvalue weighted by Gasteiger charge is 2.33. The lowest BCUT2D eigenvalue weighted by molar-refractivity contribution is -0.118. The highest BCUT2D eigenvalue weighted by atomic mass is 19.1. The second-order valence-electron chi connectivity index (χ2n) is 6.22. The summed E-state index contributed by atoms with van der Waals surface area (Å²) in [6.07, 6.45) is 1.16. The van der Waals surface area contributed by atoms with Crippen molar-refractivity contribution in [3.8, 4) is 0 Å². The molecule has 0 saturated carbocycles. The number of carbonyl (C=O) groups excluding carboxylic acids is 1. The summed E-state index contributed by atoms with van der Waals surface area (Å²) in [5.74, 6) is -0.316. The van der Waals surface area contributed by atoms with Crippen LogP contribution in [0.2, 0.25) is 0 Å². The predicted molar refractivity (Wildman–Crippen MR) is 95.5 cm³/mol. The van der Waals surface area contributed by atoms with Crippen LogP contribution >= 0.6 is 0 Å². The number of hydrogen-bond acceptors (Lipinski definition) is 3. The number of rotatable bonds is 3. The Morgan fingerprint density at radius 2 is 2.00 bits per heavy atom. The molecule has 1 amide bonds. The van der Waals surface area contributed by atoms with Crippen molar-refractivity contribution in [1.82, 2.24) is 0 Å². The number of fused-ring (bicyclic) bond motifs is 1. The number of nitrogens with zero attached hydrogens (tertiary/aromatic N) is 1. The molecule has 1 heterocycles. The van der Waals surface area contributed by atoms with Gasteiger partial charge in [0.1, 0.15) is 5.82 Å². The number of nitrogen functional groups attached to an aromatic ring is 1. The first kappa shape index (κ1) is 16.3. The zero-order valence-electron chi connectivity index (χ0n) is 13.9. The largest absolute Gasteiger partial charge is 0.399 e. The first-order valence-corrected chi connectivity index (χ1v) is 8.23. The fraction of sp³-hybridized carbons (Fsp3) is 0.316.